The van der Waals surface area contributed by atoms with E-state index in [0.717, 1.165) is 6.07 Å². The molecule has 0 saturated carbocycles. The van der Waals surface area contributed by atoms with Crippen LogP contribution in [0.5, 0.6) is 0 Å². The smallest absolute Gasteiger partial charge is 0.382 e. The fourth-order valence-corrected chi connectivity index (χ4v) is 1.67. The molecule has 0 unspecified atom stereocenters. The Balaban J connectivity index is 3.27. The van der Waals surface area contributed by atoms with E-state index in [2.05, 4.69) is 4.74 Å². The van der Waals surface area contributed by atoms with Crippen molar-refractivity contribution in [3.63, 3.8) is 0 Å². The van der Waals surface area contributed by atoms with Gasteiger partial charge >= 0.3 is 11.9 Å². The summed E-state index contributed by atoms with van der Waals surface area (Å²) >= 11 is 11.2. The molecule has 0 aliphatic rings. The molecule has 1 aromatic carbocycles. The summed E-state index contributed by atoms with van der Waals surface area (Å²) in [5, 5.41) is -0.181. The average molecular weight is 284 g/mol. The van der Waals surface area contributed by atoms with E-state index < -0.39 is 23.1 Å². The molecule has 0 radical (unpaired) electrons. The van der Waals surface area contributed by atoms with Crippen LogP contribution in [0.15, 0.2) is 12.1 Å². The van der Waals surface area contributed by atoms with Gasteiger partial charge in [0.1, 0.15) is 0 Å². The second-order valence-corrected chi connectivity index (χ2v) is 3.99. The van der Waals surface area contributed by atoms with Crippen molar-refractivity contribution in [1.82, 2.24) is 0 Å². The van der Waals surface area contributed by atoms with Crippen molar-refractivity contribution in [2.75, 3.05) is 12.3 Å². The van der Waals surface area contributed by atoms with Gasteiger partial charge in [0.2, 0.25) is 0 Å². The van der Waals surface area contributed by atoms with Crippen molar-refractivity contribution in [3.05, 3.63) is 27.7 Å². The number of rotatable bonds is 3. The van der Waals surface area contributed by atoms with E-state index in [0.29, 0.717) is 0 Å². The number of esters is 1. The maximum atomic E-state index is 13.7. The highest BCUT2D eigenvalue weighted by Gasteiger charge is 2.44. The highest BCUT2D eigenvalue weighted by atomic mass is 35.5. The molecule has 17 heavy (non-hydrogen) atoms. The number of benzene rings is 1. The minimum Gasteiger partial charge on any atom is -0.461 e. The fraction of sp³-hybridized carbons (Fsp3) is 0.300. The van der Waals surface area contributed by atoms with Gasteiger partial charge in [-0.25, -0.2) is 4.79 Å². The summed E-state index contributed by atoms with van der Waals surface area (Å²) < 4.78 is 31.6. The van der Waals surface area contributed by atoms with Gasteiger partial charge < -0.3 is 10.5 Å². The monoisotopic (exact) mass is 283 g/mol. The number of hydrogen-bond acceptors (Lipinski definition) is 3. The third kappa shape index (κ3) is 2.79. The molecule has 0 aliphatic heterocycles. The van der Waals surface area contributed by atoms with Crippen LogP contribution in [-0.4, -0.2) is 12.6 Å². The van der Waals surface area contributed by atoms with Gasteiger partial charge in [-0.1, -0.05) is 23.2 Å². The molecular formula is C10H9Cl2F2NO2. The van der Waals surface area contributed by atoms with Crippen molar-refractivity contribution in [2.24, 2.45) is 0 Å². The Morgan fingerprint density at radius 1 is 1.47 bits per heavy atom. The molecule has 94 valence electrons. The number of ether oxygens (including phenoxy) is 1. The summed E-state index contributed by atoms with van der Waals surface area (Å²) in [4.78, 5) is 11.1. The number of nitrogen functional groups attached to an aromatic ring is 1. The number of carbonyl (C=O) groups excluding carboxylic acids is 1. The summed E-state index contributed by atoms with van der Waals surface area (Å²) in [7, 11) is 0. The normalized spacial score (nSPS) is 11.4. The van der Waals surface area contributed by atoms with Gasteiger partial charge in [0.15, 0.2) is 0 Å². The van der Waals surface area contributed by atoms with Gasteiger partial charge in [0, 0.05) is 5.02 Å². The molecule has 1 aromatic rings. The van der Waals surface area contributed by atoms with Crippen LogP contribution in [-0.2, 0) is 15.5 Å². The van der Waals surface area contributed by atoms with Crippen molar-refractivity contribution in [3.8, 4) is 0 Å². The van der Waals surface area contributed by atoms with Crippen molar-refractivity contribution in [2.45, 2.75) is 12.8 Å². The number of hydrogen-bond donors (Lipinski definition) is 1. The topological polar surface area (TPSA) is 52.3 Å². The highest BCUT2D eigenvalue weighted by Crippen LogP contribution is 2.38. The average Bonchev–Trinajstić information content (AvgIpc) is 2.23. The zero-order valence-corrected chi connectivity index (χ0v) is 10.3. The van der Waals surface area contributed by atoms with Crippen LogP contribution in [0, 0.1) is 0 Å². The van der Waals surface area contributed by atoms with Gasteiger partial charge in [-0.2, -0.15) is 8.78 Å². The molecular weight excluding hydrogens is 275 g/mol. The van der Waals surface area contributed by atoms with Crippen molar-refractivity contribution < 1.29 is 18.3 Å². The lowest BCUT2D eigenvalue weighted by Gasteiger charge is -2.17. The summed E-state index contributed by atoms with van der Waals surface area (Å²) in [6.45, 7) is 1.25. The summed E-state index contributed by atoms with van der Waals surface area (Å²) in [5.41, 5.74) is 4.24. The number of alkyl halides is 2. The first-order chi connectivity index (χ1) is 7.80. The van der Waals surface area contributed by atoms with Crippen LogP contribution in [0.25, 0.3) is 0 Å². The fourth-order valence-electron chi connectivity index (χ4n) is 1.18. The van der Waals surface area contributed by atoms with E-state index in [9.17, 15) is 13.6 Å². The number of carbonyl (C=O) groups is 1. The van der Waals surface area contributed by atoms with E-state index in [1.807, 2.05) is 0 Å². The molecule has 2 N–H and O–H groups in total. The minimum atomic E-state index is -3.88. The summed E-state index contributed by atoms with van der Waals surface area (Å²) in [6.07, 6.45) is 0. The molecule has 0 amide bonds. The summed E-state index contributed by atoms with van der Waals surface area (Å²) in [5.74, 6) is -5.57. The lowest BCUT2D eigenvalue weighted by Crippen LogP contribution is -2.29. The molecule has 0 atom stereocenters. The third-order valence-electron chi connectivity index (χ3n) is 1.96. The van der Waals surface area contributed by atoms with Crippen LogP contribution >= 0.6 is 23.2 Å². The minimum absolute atomic E-state index is 0.0387. The van der Waals surface area contributed by atoms with Gasteiger partial charge in [-0.05, 0) is 19.1 Å². The molecule has 0 saturated heterocycles. The second-order valence-electron chi connectivity index (χ2n) is 3.14. The van der Waals surface area contributed by atoms with Crippen LogP contribution in [0.2, 0.25) is 10.0 Å². The molecule has 0 bridgehead atoms. The molecule has 1 rings (SSSR count). The Labute approximate surface area is 106 Å². The molecule has 3 nitrogen and oxygen atoms in total. The maximum absolute atomic E-state index is 13.7. The third-order valence-corrected chi connectivity index (χ3v) is 2.50. The highest BCUT2D eigenvalue weighted by molar-refractivity contribution is 6.36. The Hall–Kier alpha value is -1.07. The predicted molar refractivity (Wildman–Crippen MR) is 61.4 cm³/mol. The lowest BCUT2D eigenvalue weighted by atomic mass is 10.1. The Kier molecular flexibility index (Phi) is 4.16. The van der Waals surface area contributed by atoms with Crippen LogP contribution in [0.1, 0.15) is 12.5 Å². The van der Waals surface area contributed by atoms with E-state index in [1.54, 1.807) is 0 Å². The van der Waals surface area contributed by atoms with Gasteiger partial charge in [0.25, 0.3) is 0 Å². The van der Waals surface area contributed by atoms with Crippen LogP contribution in [0.3, 0.4) is 0 Å². The predicted octanol–water partition coefficient (Wildman–Crippen LogP) is 3.23. The summed E-state index contributed by atoms with van der Waals surface area (Å²) in [6, 6.07) is 2.10. The number of halogens is 4. The van der Waals surface area contributed by atoms with Crippen molar-refractivity contribution in [1.29, 1.82) is 0 Å². The largest absolute Gasteiger partial charge is 0.461 e. The molecule has 0 aliphatic carbocycles. The maximum Gasteiger partial charge on any atom is 0.382 e. The lowest BCUT2D eigenvalue weighted by molar-refractivity contribution is -0.172. The second kappa shape index (κ2) is 5.06. The van der Waals surface area contributed by atoms with E-state index in [4.69, 9.17) is 28.9 Å². The molecule has 0 aromatic heterocycles. The first kappa shape index (κ1) is 14.0. The Morgan fingerprint density at radius 2 is 2.06 bits per heavy atom. The first-order valence-electron chi connectivity index (χ1n) is 4.60. The zero-order chi connectivity index (χ0) is 13.2. The van der Waals surface area contributed by atoms with E-state index in [1.165, 1.54) is 13.0 Å². The van der Waals surface area contributed by atoms with E-state index >= 15 is 0 Å². The Morgan fingerprint density at radius 3 is 2.59 bits per heavy atom. The molecule has 0 fully saturated rings. The van der Waals surface area contributed by atoms with Gasteiger partial charge in [-0.3, -0.25) is 0 Å². The Bertz CT molecular complexity index is 452. The molecule has 7 heteroatoms. The number of anilines is 1. The standard InChI is InChI=1S/C10H9Cl2F2NO2/c1-2-17-9(16)10(13,14)6-3-5(11)4-7(12)8(6)15/h3-4H,2,15H2,1H3. The zero-order valence-electron chi connectivity index (χ0n) is 8.77. The van der Waals surface area contributed by atoms with E-state index in [-0.39, 0.29) is 16.7 Å². The quantitative estimate of drug-likeness (QED) is 0.684. The first-order valence-corrected chi connectivity index (χ1v) is 5.36. The van der Waals surface area contributed by atoms with Crippen LogP contribution in [0.4, 0.5) is 14.5 Å². The molecule has 0 heterocycles. The SMILES string of the molecule is CCOC(=O)C(F)(F)c1cc(Cl)cc(Cl)c1N. The van der Waals surface area contributed by atoms with Gasteiger partial charge in [-0.15, -0.1) is 0 Å². The van der Waals surface area contributed by atoms with Crippen molar-refractivity contribution >= 4 is 34.9 Å². The van der Waals surface area contributed by atoms with Gasteiger partial charge in [0.05, 0.1) is 22.9 Å². The number of nitrogens with two attached hydrogens (primary N) is 1. The van der Waals surface area contributed by atoms with Crippen LogP contribution < -0.4 is 5.73 Å². The molecule has 0 spiro atoms.